The minimum atomic E-state index is -0.809. The van der Waals surface area contributed by atoms with Gasteiger partial charge in [0.2, 0.25) is 11.8 Å². The van der Waals surface area contributed by atoms with Gasteiger partial charge in [-0.15, -0.1) is 0 Å². The zero-order valence-corrected chi connectivity index (χ0v) is 21.2. The van der Waals surface area contributed by atoms with Crippen LogP contribution in [0.25, 0.3) is 0 Å². The number of hydrogen-bond donors (Lipinski definition) is 2. The van der Waals surface area contributed by atoms with Crippen LogP contribution in [0.1, 0.15) is 71.6 Å². The standard InChI is InChI=1S/C27H36N4O3/c1-15-10-17(14-29-13-15)21(12-28)31-22(33)11-19-18(8-9-20-23(19)27(20,6)7)24(34)25(26(3,4)5)30-16(2)32/h8,10,13-14,19-21,23,25H,9,11H2,1-7H3,(H,30,32)(H,31,33)/t19-,20-,21?,23?,25+/m0/s1. The highest BCUT2D eigenvalue weighted by molar-refractivity contribution is 6.03. The number of allylic oxidation sites excluding steroid dienone is 1. The Morgan fingerprint density at radius 1 is 1.24 bits per heavy atom. The first kappa shape index (κ1) is 25.6. The summed E-state index contributed by atoms with van der Waals surface area (Å²) in [4.78, 5) is 42.8. The van der Waals surface area contributed by atoms with Crippen LogP contribution in [0.3, 0.4) is 0 Å². The van der Waals surface area contributed by atoms with Crippen molar-refractivity contribution in [3.8, 4) is 6.07 Å². The summed E-state index contributed by atoms with van der Waals surface area (Å²) in [5, 5.41) is 15.3. The largest absolute Gasteiger partial charge is 0.346 e. The number of aromatic nitrogens is 1. The molecule has 1 saturated carbocycles. The number of nitrogens with one attached hydrogen (secondary N) is 2. The summed E-state index contributed by atoms with van der Waals surface area (Å²) >= 11 is 0. The summed E-state index contributed by atoms with van der Waals surface area (Å²) in [6, 6.07) is 2.49. The lowest BCUT2D eigenvalue weighted by Crippen LogP contribution is -2.50. The molecule has 2 unspecified atom stereocenters. The number of fused-ring (bicyclic) bond motifs is 1. The number of carbonyl (C=O) groups is 3. The second kappa shape index (κ2) is 9.32. The van der Waals surface area contributed by atoms with Crippen molar-refractivity contribution in [2.24, 2.45) is 28.6 Å². The summed E-state index contributed by atoms with van der Waals surface area (Å²) in [5.74, 6) is -0.278. The Hall–Kier alpha value is -3.01. The molecule has 0 aliphatic heterocycles. The number of nitriles is 1. The van der Waals surface area contributed by atoms with Gasteiger partial charge in [0.25, 0.3) is 0 Å². The maximum Gasteiger partial charge on any atom is 0.221 e. The maximum atomic E-state index is 13.7. The fourth-order valence-electron chi connectivity index (χ4n) is 5.55. The fourth-order valence-corrected chi connectivity index (χ4v) is 5.55. The van der Waals surface area contributed by atoms with E-state index in [1.807, 2.05) is 39.8 Å². The number of hydrogen-bond acceptors (Lipinski definition) is 5. The van der Waals surface area contributed by atoms with Gasteiger partial charge in [-0.25, -0.2) is 0 Å². The first-order chi connectivity index (χ1) is 15.8. The van der Waals surface area contributed by atoms with Gasteiger partial charge in [-0.1, -0.05) is 40.7 Å². The van der Waals surface area contributed by atoms with Gasteiger partial charge in [0.05, 0.1) is 12.1 Å². The molecule has 2 aliphatic rings. The van der Waals surface area contributed by atoms with E-state index in [1.54, 1.807) is 12.4 Å². The number of amides is 2. The van der Waals surface area contributed by atoms with Crippen molar-refractivity contribution < 1.29 is 14.4 Å². The van der Waals surface area contributed by atoms with Crippen LogP contribution < -0.4 is 10.6 Å². The Balaban J connectivity index is 1.84. The van der Waals surface area contributed by atoms with Crippen LogP contribution in [0.4, 0.5) is 0 Å². The molecule has 0 saturated heterocycles. The van der Waals surface area contributed by atoms with Gasteiger partial charge in [-0.3, -0.25) is 19.4 Å². The van der Waals surface area contributed by atoms with E-state index in [9.17, 15) is 19.6 Å². The number of pyridine rings is 1. The van der Waals surface area contributed by atoms with E-state index in [2.05, 4.69) is 35.5 Å². The molecule has 182 valence electrons. The van der Waals surface area contributed by atoms with Crippen molar-refractivity contribution >= 4 is 17.6 Å². The van der Waals surface area contributed by atoms with Gasteiger partial charge in [-0.2, -0.15) is 5.26 Å². The molecule has 2 amide bonds. The summed E-state index contributed by atoms with van der Waals surface area (Å²) in [6.07, 6.45) is 6.17. The molecule has 5 atom stereocenters. The molecular formula is C27H36N4O3. The topological polar surface area (TPSA) is 112 Å². The normalized spacial score (nSPS) is 24.5. The van der Waals surface area contributed by atoms with E-state index >= 15 is 0 Å². The van der Waals surface area contributed by atoms with E-state index in [0.717, 1.165) is 12.0 Å². The Morgan fingerprint density at radius 2 is 1.91 bits per heavy atom. The van der Waals surface area contributed by atoms with Crippen LogP contribution in [0.15, 0.2) is 30.1 Å². The van der Waals surface area contributed by atoms with E-state index in [1.165, 1.54) is 6.92 Å². The van der Waals surface area contributed by atoms with E-state index in [4.69, 9.17) is 0 Å². The highest BCUT2D eigenvalue weighted by atomic mass is 16.2. The van der Waals surface area contributed by atoms with Crippen molar-refractivity contribution in [1.82, 2.24) is 15.6 Å². The molecular weight excluding hydrogens is 428 g/mol. The molecule has 2 aliphatic carbocycles. The Bertz CT molecular complexity index is 1060. The van der Waals surface area contributed by atoms with Crippen molar-refractivity contribution in [3.63, 3.8) is 0 Å². The Labute approximate surface area is 202 Å². The highest BCUT2D eigenvalue weighted by Gasteiger charge is 2.63. The summed E-state index contributed by atoms with van der Waals surface area (Å²) in [7, 11) is 0. The van der Waals surface area contributed by atoms with E-state index in [-0.39, 0.29) is 41.3 Å². The second-order valence-corrected chi connectivity index (χ2v) is 11.4. The predicted molar refractivity (Wildman–Crippen MR) is 129 cm³/mol. The molecule has 1 fully saturated rings. The summed E-state index contributed by atoms with van der Waals surface area (Å²) in [5.41, 5.74) is 1.72. The molecule has 0 aromatic carbocycles. The molecule has 1 aromatic rings. The molecule has 0 spiro atoms. The lowest BCUT2D eigenvalue weighted by atomic mass is 9.75. The lowest BCUT2D eigenvalue weighted by molar-refractivity contribution is -0.128. The first-order valence-corrected chi connectivity index (χ1v) is 11.9. The third kappa shape index (κ3) is 5.22. The molecule has 34 heavy (non-hydrogen) atoms. The first-order valence-electron chi connectivity index (χ1n) is 11.9. The van der Waals surface area contributed by atoms with Crippen LogP contribution in [0.5, 0.6) is 0 Å². The zero-order valence-electron chi connectivity index (χ0n) is 21.2. The number of Topliss-reactive ketones (excluding diaryl/α,β-unsaturated/α-hetero) is 1. The Kier molecular flexibility index (Phi) is 7.02. The van der Waals surface area contributed by atoms with Crippen LogP contribution >= 0.6 is 0 Å². The monoisotopic (exact) mass is 464 g/mol. The average molecular weight is 465 g/mol. The zero-order chi connectivity index (χ0) is 25.4. The van der Waals surface area contributed by atoms with E-state index in [0.29, 0.717) is 17.1 Å². The fraction of sp³-hybridized carbons (Fsp3) is 0.593. The molecule has 7 nitrogen and oxygen atoms in total. The van der Waals surface area contributed by atoms with Gasteiger partial charge in [0.1, 0.15) is 6.04 Å². The number of rotatable bonds is 7. The Morgan fingerprint density at radius 3 is 2.47 bits per heavy atom. The van der Waals surface area contributed by atoms with Gasteiger partial charge >= 0.3 is 0 Å². The van der Waals surface area contributed by atoms with Gasteiger partial charge < -0.3 is 10.6 Å². The van der Waals surface area contributed by atoms with Gasteiger partial charge in [0.15, 0.2) is 5.78 Å². The third-order valence-corrected chi connectivity index (χ3v) is 7.39. The number of carbonyl (C=O) groups excluding carboxylic acids is 3. The number of nitrogens with zero attached hydrogens (tertiary/aromatic N) is 2. The van der Waals surface area contributed by atoms with Crippen molar-refractivity contribution in [3.05, 3.63) is 41.2 Å². The van der Waals surface area contributed by atoms with Crippen molar-refractivity contribution in [2.75, 3.05) is 0 Å². The molecule has 1 aromatic heterocycles. The second-order valence-electron chi connectivity index (χ2n) is 11.4. The third-order valence-electron chi connectivity index (χ3n) is 7.39. The molecule has 0 radical (unpaired) electrons. The lowest BCUT2D eigenvalue weighted by Gasteiger charge is -2.33. The highest BCUT2D eigenvalue weighted by Crippen LogP contribution is 2.67. The van der Waals surface area contributed by atoms with Crippen molar-refractivity contribution in [2.45, 2.75) is 73.4 Å². The maximum absolute atomic E-state index is 13.7. The van der Waals surface area contributed by atoms with Crippen LogP contribution in [-0.2, 0) is 14.4 Å². The SMILES string of the molecule is CC(=O)N[C@H](C(=O)C1=CC[C@H]2C([C@H]1CC(=O)NC(C#N)c1cncc(C)c1)C2(C)C)C(C)(C)C. The molecule has 0 bridgehead atoms. The predicted octanol–water partition coefficient (Wildman–Crippen LogP) is 3.80. The van der Waals surface area contributed by atoms with Crippen LogP contribution in [0.2, 0.25) is 0 Å². The number of aryl methyl sites for hydroxylation is 1. The smallest absolute Gasteiger partial charge is 0.221 e. The molecule has 7 heteroatoms. The minimum absolute atomic E-state index is 0.0315. The molecule has 1 heterocycles. The molecule has 3 rings (SSSR count). The quantitative estimate of drug-likeness (QED) is 0.637. The van der Waals surface area contributed by atoms with Crippen LogP contribution in [-0.4, -0.2) is 28.6 Å². The van der Waals surface area contributed by atoms with Crippen molar-refractivity contribution in [1.29, 1.82) is 5.26 Å². The average Bonchev–Trinajstić information content (AvgIpc) is 3.30. The number of ketones is 1. The van der Waals surface area contributed by atoms with Gasteiger partial charge in [-0.05, 0) is 59.1 Å². The van der Waals surface area contributed by atoms with Crippen LogP contribution in [0, 0.1) is 46.8 Å². The minimum Gasteiger partial charge on any atom is -0.346 e. The summed E-state index contributed by atoms with van der Waals surface area (Å²) < 4.78 is 0. The van der Waals surface area contributed by atoms with E-state index < -0.39 is 17.5 Å². The van der Waals surface area contributed by atoms with Gasteiger partial charge in [0, 0.05) is 31.3 Å². The molecule has 2 N–H and O–H groups in total. The summed E-state index contributed by atoms with van der Waals surface area (Å²) in [6.45, 7) is 13.4.